The topological polar surface area (TPSA) is 49.9 Å². The molecule has 0 bridgehead atoms. The van der Waals surface area contributed by atoms with Gasteiger partial charge in [-0.15, -0.1) is 0 Å². The van der Waals surface area contributed by atoms with Crippen LogP contribution in [0, 0.1) is 13.8 Å². The molecule has 0 fully saturated rings. The lowest BCUT2D eigenvalue weighted by atomic mass is 10.0. The number of aryl methyl sites for hydroxylation is 1. The Balaban J connectivity index is 3.54. The van der Waals surface area contributed by atoms with Gasteiger partial charge in [0, 0.05) is 6.20 Å². The van der Waals surface area contributed by atoms with Crippen LogP contribution in [0.1, 0.15) is 28.4 Å². The summed E-state index contributed by atoms with van der Waals surface area (Å²) in [6, 6.07) is 0. The van der Waals surface area contributed by atoms with Crippen molar-refractivity contribution in [2.24, 2.45) is 0 Å². The van der Waals surface area contributed by atoms with Crippen molar-refractivity contribution in [3.8, 4) is 0 Å². The molecule has 0 saturated carbocycles. The van der Waals surface area contributed by atoms with Gasteiger partial charge in [0.25, 0.3) is 5.56 Å². The summed E-state index contributed by atoms with van der Waals surface area (Å²) in [5, 5.41) is 0. The molecule has 1 aromatic heterocycles. The van der Waals surface area contributed by atoms with Crippen molar-refractivity contribution in [1.82, 2.24) is 4.98 Å². The molecule has 0 aliphatic heterocycles. The van der Waals surface area contributed by atoms with Gasteiger partial charge >= 0.3 is 0 Å². The summed E-state index contributed by atoms with van der Waals surface area (Å²) < 4.78 is 0. The number of nitrogens with one attached hydrogen (secondary N) is 1. The Morgan fingerprint density at radius 3 is 2.42 bits per heavy atom. The van der Waals surface area contributed by atoms with E-state index in [1.54, 1.807) is 13.1 Å². The third-order valence-corrected chi connectivity index (χ3v) is 1.97. The summed E-state index contributed by atoms with van der Waals surface area (Å²) in [6.07, 6.45) is 1.62. The van der Waals surface area contributed by atoms with E-state index in [0.717, 1.165) is 11.1 Å². The summed E-state index contributed by atoms with van der Waals surface area (Å²) in [4.78, 5) is 24.7. The molecule has 1 N–H and O–H groups in total. The first kappa shape index (κ1) is 8.71. The number of rotatable bonds is 1. The zero-order valence-corrected chi connectivity index (χ0v) is 7.39. The van der Waals surface area contributed by atoms with Crippen LogP contribution in [0.3, 0.4) is 0 Å². The number of pyridine rings is 1. The number of ketones is 1. The predicted molar refractivity (Wildman–Crippen MR) is 46.5 cm³/mol. The second-order valence-electron chi connectivity index (χ2n) is 2.86. The maximum atomic E-state index is 11.2. The third-order valence-electron chi connectivity index (χ3n) is 1.97. The fourth-order valence-electron chi connectivity index (χ4n) is 1.15. The van der Waals surface area contributed by atoms with Gasteiger partial charge in [0.1, 0.15) is 0 Å². The smallest absolute Gasteiger partial charge is 0.259 e. The van der Waals surface area contributed by atoms with E-state index < -0.39 is 0 Å². The average molecular weight is 165 g/mol. The lowest BCUT2D eigenvalue weighted by Gasteiger charge is -2.02. The van der Waals surface area contributed by atoms with Crippen LogP contribution in [0.5, 0.6) is 0 Å². The molecule has 1 aromatic rings. The lowest BCUT2D eigenvalue weighted by Crippen LogP contribution is -2.18. The maximum absolute atomic E-state index is 11.2. The molecule has 0 unspecified atom stereocenters. The van der Waals surface area contributed by atoms with Crippen LogP contribution in [0.25, 0.3) is 0 Å². The molecule has 0 aliphatic carbocycles. The third kappa shape index (κ3) is 1.30. The molecular formula is C9H11NO2. The molecule has 64 valence electrons. The van der Waals surface area contributed by atoms with Crippen molar-refractivity contribution in [2.75, 3.05) is 0 Å². The van der Waals surface area contributed by atoms with Crippen molar-refractivity contribution in [1.29, 1.82) is 0 Å². The second kappa shape index (κ2) is 2.93. The highest BCUT2D eigenvalue weighted by Gasteiger charge is 2.09. The molecular weight excluding hydrogens is 154 g/mol. The Kier molecular flexibility index (Phi) is 2.13. The zero-order valence-electron chi connectivity index (χ0n) is 7.39. The Bertz CT molecular complexity index is 377. The average Bonchev–Trinajstić information content (AvgIpc) is 1.97. The standard InChI is InChI=1S/C9H11NO2/c1-5-4-10-9(12)8(6(5)2)7(3)11/h4H,1-3H3,(H,10,12). The highest BCUT2D eigenvalue weighted by molar-refractivity contribution is 5.95. The van der Waals surface area contributed by atoms with Gasteiger partial charge in [-0.2, -0.15) is 0 Å². The Hall–Kier alpha value is -1.38. The number of hydrogen-bond donors (Lipinski definition) is 1. The van der Waals surface area contributed by atoms with Gasteiger partial charge in [-0.3, -0.25) is 9.59 Å². The van der Waals surface area contributed by atoms with Gasteiger partial charge in [-0.25, -0.2) is 0 Å². The normalized spacial score (nSPS) is 9.92. The van der Waals surface area contributed by atoms with Gasteiger partial charge in [0.2, 0.25) is 0 Å². The van der Waals surface area contributed by atoms with E-state index in [0.29, 0.717) is 0 Å². The molecule has 0 spiro atoms. The summed E-state index contributed by atoms with van der Waals surface area (Å²) in [7, 11) is 0. The van der Waals surface area contributed by atoms with Crippen LogP contribution >= 0.6 is 0 Å². The first-order valence-corrected chi connectivity index (χ1v) is 3.74. The van der Waals surface area contributed by atoms with Crippen LogP contribution in [-0.2, 0) is 0 Å². The van der Waals surface area contributed by atoms with Crippen molar-refractivity contribution >= 4 is 5.78 Å². The van der Waals surface area contributed by atoms with E-state index in [1.807, 2.05) is 6.92 Å². The van der Waals surface area contributed by atoms with Crippen LogP contribution in [-0.4, -0.2) is 10.8 Å². The number of carbonyl (C=O) groups excluding carboxylic acids is 1. The SMILES string of the molecule is CC(=O)c1c(C)c(C)c[nH]c1=O. The van der Waals surface area contributed by atoms with Gasteiger partial charge < -0.3 is 4.98 Å². The summed E-state index contributed by atoms with van der Waals surface area (Å²) in [6.45, 7) is 5.04. The Morgan fingerprint density at radius 2 is 2.00 bits per heavy atom. The van der Waals surface area contributed by atoms with Gasteiger partial charge in [0.15, 0.2) is 5.78 Å². The van der Waals surface area contributed by atoms with Crippen molar-refractivity contribution in [2.45, 2.75) is 20.8 Å². The fraction of sp³-hybridized carbons (Fsp3) is 0.333. The molecule has 3 nitrogen and oxygen atoms in total. The van der Waals surface area contributed by atoms with Crippen molar-refractivity contribution in [3.05, 3.63) is 33.2 Å². The minimum Gasteiger partial charge on any atom is -0.328 e. The van der Waals surface area contributed by atoms with Crippen LogP contribution in [0.4, 0.5) is 0 Å². The molecule has 0 saturated heterocycles. The van der Waals surface area contributed by atoms with Gasteiger partial charge in [-0.05, 0) is 31.9 Å². The second-order valence-corrected chi connectivity index (χ2v) is 2.86. The molecule has 0 atom stereocenters. The number of aromatic amines is 1. The molecule has 0 radical (unpaired) electrons. The van der Waals surface area contributed by atoms with Crippen LogP contribution in [0.2, 0.25) is 0 Å². The Morgan fingerprint density at radius 1 is 1.42 bits per heavy atom. The molecule has 1 heterocycles. The number of aromatic nitrogens is 1. The van der Waals surface area contributed by atoms with E-state index in [4.69, 9.17) is 0 Å². The van der Waals surface area contributed by atoms with Crippen molar-refractivity contribution < 1.29 is 4.79 Å². The zero-order chi connectivity index (χ0) is 9.30. The number of hydrogen-bond acceptors (Lipinski definition) is 2. The van der Waals surface area contributed by atoms with Gasteiger partial charge in [0.05, 0.1) is 5.56 Å². The largest absolute Gasteiger partial charge is 0.328 e. The number of carbonyl (C=O) groups is 1. The molecule has 0 aromatic carbocycles. The molecule has 0 amide bonds. The van der Waals surface area contributed by atoms with Crippen LogP contribution in [0.15, 0.2) is 11.0 Å². The van der Waals surface area contributed by atoms with Crippen LogP contribution < -0.4 is 5.56 Å². The predicted octanol–water partition coefficient (Wildman–Crippen LogP) is 1.19. The molecule has 1 rings (SSSR count). The van der Waals surface area contributed by atoms with E-state index in [-0.39, 0.29) is 16.9 Å². The maximum Gasteiger partial charge on any atom is 0.259 e. The summed E-state index contributed by atoms with van der Waals surface area (Å²) in [5.41, 5.74) is 1.67. The molecule has 0 aliphatic rings. The lowest BCUT2D eigenvalue weighted by molar-refractivity contribution is 0.101. The number of Topliss-reactive ketones (excluding diaryl/α,β-unsaturated/α-hetero) is 1. The summed E-state index contributed by atoms with van der Waals surface area (Å²) in [5.74, 6) is -0.183. The van der Waals surface area contributed by atoms with Gasteiger partial charge in [-0.1, -0.05) is 0 Å². The number of H-pyrrole nitrogens is 1. The highest BCUT2D eigenvalue weighted by atomic mass is 16.1. The fourth-order valence-corrected chi connectivity index (χ4v) is 1.15. The summed E-state index contributed by atoms with van der Waals surface area (Å²) >= 11 is 0. The Labute approximate surface area is 70.4 Å². The first-order valence-electron chi connectivity index (χ1n) is 3.74. The molecule has 12 heavy (non-hydrogen) atoms. The molecule has 3 heteroatoms. The van der Waals surface area contributed by atoms with E-state index in [2.05, 4.69) is 4.98 Å². The van der Waals surface area contributed by atoms with E-state index in [1.165, 1.54) is 6.92 Å². The van der Waals surface area contributed by atoms with E-state index >= 15 is 0 Å². The minimum absolute atomic E-state index is 0.183. The van der Waals surface area contributed by atoms with Crippen molar-refractivity contribution in [3.63, 3.8) is 0 Å². The van der Waals surface area contributed by atoms with E-state index in [9.17, 15) is 9.59 Å². The first-order chi connectivity index (χ1) is 5.54. The quantitative estimate of drug-likeness (QED) is 0.635. The minimum atomic E-state index is -0.300. The monoisotopic (exact) mass is 165 g/mol. The highest BCUT2D eigenvalue weighted by Crippen LogP contribution is 2.06.